The zero-order valence-corrected chi connectivity index (χ0v) is 16.5. The minimum Gasteiger partial charge on any atom is -0.324 e. The van der Waals surface area contributed by atoms with Gasteiger partial charge in [-0.2, -0.15) is 4.68 Å². The number of amides is 1. The van der Waals surface area contributed by atoms with E-state index in [0.717, 1.165) is 12.1 Å². The molecule has 2 aromatic carbocycles. The normalized spacial score (nSPS) is 10.7. The van der Waals surface area contributed by atoms with Gasteiger partial charge in [0.1, 0.15) is 0 Å². The second kappa shape index (κ2) is 9.53. The highest BCUT2D eigenvalue weighted by Gasteiger charge is 2.12. The molecule has 3 aromatic rings. The maximum atomic E-state index is 12.2. The first-order valence-corrected chi connectivity index (χ1v) is 10.1. The molecule has 0 unspecified atom stereocenters. The van der Waals surface area contributed by atoms with Crippen LogP contribution >= 0.6 is 23.4 Å². The van der Waals surface area contributed by atoms with E-state index < -0.39 is 0 Å². The van der Waals surface area contributed by atoms with Crippen LogP contribution in [0.25, 0.3) is 5.69 Å². The zero-order chi connectivity index (χ0) is 19.1. The molecule has 1 aromatic heterocycles. The molecule has 0 aliphatic heterocycles. The van der Waals surface area contributed by atoms with Gasteiger partial charge in [-0.15, -0.1) is 5.10 Å². The Labute approximate surface area is 167 Å². The molecular weight excluding hydrogens is 382 g/mol. The topological polar surface area (TPSA) is 72.7 Å². The number of hydrogen-bond acceptors (Lipinski definition) is 5. The van der Waals surface area contributed by atoms with Gasteiger partial charge < -0.3 is 5.32 Å². The predicted octanol–water partition coefficient (Wildman–Crippen LogP) is 4.39. The van der Waals surface area contributed by atoms with Crippen LogP contribution in [0.5, 0.6) is 0 Å². The third-order valence-corrected chi connectivity index (χ3v) is 5.17. The molecule has 0 saturated heterocycles. The fraction of sp³-hybridized carbons (Fsp3) is 0.263. The van der Waals surface area contributed by atoms with Crippen molar-refractivity contribution in [3.63, 3.8) is 0 Å². The van der Waals surface area contributed by atoms with E-state index in [1.807, 2.05) is 24.3 Å². The molecular formula is C19H20ClN5OS. The Hall–Kier alpha value is -2.38. The predicted molar refractivity (Wildman–Crippen MR) is 109 cm³/mol. The summed E-state index contributed by atoms with van der Waals surface area (Å²) < 4.78 is 1.64. The van der Waals surface area contributed by atoms with Gasteiger partial charge in [-0.05, 0) is 53.1 Å². The van der Waals surface area contributed by atoms with Crippen LogP contribution in [-0.4, -0.2) is 31.9 Å². The number of thioether (sulfide) groups is 1. The summed E-state index contributed by atoms with van der Waals surface area (Å²) in [5.41, 5.74) is 2.75. The summed E-state index contributed by atoms with van der Waals surface area (Å²) in [5.74, 6) is 0.0118. The third-order valence-electron chi connectivity index (χ3n) is 3.92. The van der Waals surface area contributed by atoms with Crippen molar-refractivity contribution in [2.75, 3.05) is 11.1 Å². The van der Waals surface area contributed by atoms with E-state index in [1.165, 1.54) is 30.2 Å². The number of aryl methyl sites for hydroxylation is 1. The number of benzene rings is 2. The van der Waals surface area contributed by atoms with Crippen molar-refractivity contribution in [2.24, 2.45) is 0 Å². The summed E-state index contributed by atoms with van der Waals surface area (Å²) in [7, 11) is 0. The van der Waals surface area contributed by atoms with Crippen LogP contribution in [-0.2, 0) is 11.2 Å². The highest BCUT2D eigenvalue weighted by molar-refractivity contribution is 7.99. The molecule has 1 heterocycles. The van der Waals surface area contributed by atoms with Crippen LogP contribution in [0.15, 0.2) is 53.7 Å². The Bertz CT molecular complexity index is 897. The van der Waals surface area contributed by atoms with E-state index in [4.69, 9.17) is 11.6 Å². The summed E-state index contributed by atoms with van der Waals surface area (Å²) in [4.78, 5) is 12.2. The van der Waals surface area contributed by atoms with Crippen molar-refractivity contribution in [1.29, 1.82) is 0 Å². The number of carbonyl (C=O) groups is 1. The van der Waals surface area contributed by atoms with Gasteiger partial charge in [-0.1, -0.05) is 61.0 Å². The van der Waals surface area contributed by atoms with Gasteiger partial charge in [-0.3, -0.25) is 4.79 Å². The molecule has 0 radical (unpaired) electrons. The number of halogens is 1. The van der Waals surface area contributed by atoms with Gasteiger partial charge in [0.05, 0.1) is 22.2 Å². The quantitative estimate of drug-likeness (QED) is 0.567. The Morgan fingerprint density at radius 3 is 2.70 bits per heavy atom. The fourth-order valence-corrected chi connectivity index (χ4v) is 3.37. The lowest BCUT2D eigenvalue weighted by Crippen LogP contribution is -2.14. The van der Waals surface area contributed by atoms with E-state index in [1.54, 1.807) is 16.8 Å². The summed E-state index contributed by atoms with van der Waals surface area (Å²) >= 11 is 7.33. The largest absolute Gasteiger partial charge is 0.324 e. The number of unbranched alkanes of at least 4 members (excludes halogenated alkanes) is 1. The minimum atomic E-state index is -0.169. The molecule has 0 fully saturated rings. The number of hydrogen-bond donors (Lipinski definition) is 1. The van der Waals surface area contributed by atoms with Crippen LogP contribution in [0, 0.1) is 0 Å². The van der Waals surface area contributed by atoms with Gasteiger partial charge >= 0.3 is 0 Å². The lowest BCUT2D eigenvalue weighted by atomic mass is 10.1. The maximum absolute atomic E-state index is 12.2. The molecule has 0 aliphatic carbocycles. The van der Waals surface area contributed by atoms with Gasteiger partial charge in [0.15, 0.2) is 0 Å². The summed E-state index contributed by atoms with van der Waals surface area (Å²) in [6.45, 7) is 2.18. The van der Waals surface area contributed by atoms with Gasteiger partial charge in [0.2, 0.25) is 11.1 Å². The lowest BCUT2D eigenvalue weighted by molar-refractivity contribution is -0.113. The molecule has 0 atom stereocenters. The monoisotopic (exact) mass is 401 g/mol. The van der Waals surface area contributed by atoms with E-state index in [0.29, 0.717) is 15.9 Å². The van der Waals surface area contributed by atoms with Crippen LogP contribution in [0.1, 0.15) is 25.3 Å². The molecule has 8 heteroatoms. The number of nitrogens with zero attached hydrogens (tertiary/aromatic N) is 4. The van der Waals surface area contributed by atoms with Crippen LogP contribution in [0.2, 0.25) is 5.02 Å². The van der Waals surface area contributed by atoms with Crippen molar-refractivity contribution in [1.82, 2.24) is 20.2 Å². The van der Waals surface area contributed by atoms with Crippen molar-refractivity contribution in [3.05, 3.63) is 59.1 Å². The van der Waals surface area contributed by atoms with Crippen molar-refractivity contribution in [2.45, 2.75) is 31.3 Å². The van der Waals surface area contributed by atoms with Crippen molar-refractivity contribution < 1.29 is 4.79 Å². The van der Waals surface area contributed by atoms with Gasteiger partial charge in [0, 0.05) is 0 Å². The Balaban J connectivity index is 1.61. The van der Waals surface area contributed by atoms with Crippen molar-refractivity contribution in [3.8, 4) is 5.69 Å². The third kappa shape index (κ3) is 5.30. The first kappa shape index (κ1) is 19.4. The molecule has 3 rings (SSSR count). The Morgan fingerprint density at radius 1 is 1.19 bits per heavy atom. The maximum Gasteiger partial charge on any atom is 0.234 e. The first-order chi connectivity index (χ1) is 13.2. The van der Waals surface area contributed by atoms with E-state index >= 15 is 0 Å². The lowest BCUT2D eigenvalue weighted by Gasteiger charge is -2.07. The van der Waals surface area contributed by atoms with E-state index in [-0.39, 0.29) is 11.7 Å². The number of aromatic nitrogens is 4. The summed E-state index contributed by atoms with van der Waals surface area (Å²) in [6, 6.07) is 15.3. The van der Waals surface area contributed by atoms with Gasteiger partial charge in [0.25, 0.3) is 0 Å². The second-order valence-corrected chi connectivity index (χ2v) is 7.31. The van der Waals surface area contributed by atoms with E-state index in [2.05, 4.69) is 39.9 Å². The molecule has 27 heavy (non-hydrogen) atoms. The average molecular weight is 402 g/mol. The first-order valence-electron chi connectivity index (χ1n) is 8.72. The number of anilines is 1. The number of rotatable bonds is 8. The van der Waals surface area contributed by atoms with Crippen LogP contribution in [0.4, 0.5) is 5.69 Å². The molecule has 0 saturated carbocycles. The standard InChI is InChI=1S/C19H20ClN5OS/c1-2-3-6-14-9-11-15(12-10-14)25-19(22-23-24-25)27-13-18(26)21-17-8-5-4-7-16(17)20/h4-5,7-12H,2-3,6,13H2,1H3,(H,21,26). The molecule has 140 valence electrons. The number of para-hydroxylation sites is 1. The highest BCUT2D eigenvalue weighted by Crippen LogP contribution is 2.22. The number of tetrazole rings is 1. The molecule has 6 nitrogen and oxygen atoms in total. The number of carbonyl (C=O) groups excluding carboxylic acids is 1. The molecule has 1 amide bonds. The van der Waals surface area contributed by atoms with Gasteiger partial charge in [-0.25, -0.2) is 0 Å². The second-order valence-electron chi connectivity index (χ2n) is 5.96. The highest BCUT2D eigenvalue weighted by atomic mass is 35.5. The molecule has 1 N–H and O–H groups in total. The number of nitrogens with one attached hydrogen (secondary N) is 1. The summed E-state index contributed by atoms with van der Waals surface area (Å²) in [5, 5.41) is 15.6. The van der Waals surface area contributed by atoms with Crippen LogP contribution < -0.4 is 5.32 Å². The summed E-state index contributed by atoms with van der Waals surface area (Å²) in [6.07, 6.45) is 3.41. The molecule has 0 bridgehead atoms. The molecule has 0 spiro atoms. The smallest absolute Gasteiger partial charge is 0.234 e. The minimum absolute atomic E-state index is 0.169. The average Bonchev–Trinajstić information content (AvgIpc) is 3.15. The molecule has 0 aliphatic rings. The Kier molecular flexibility index (Phi) is 6.84. The van der Waals surface area contributed by atoms with Crippen LogP contribution in [0.3, 0.4) is 0 Å². The SMILES string of the molecule is CCCCc1ccc(-n2nnnc2SCC(=O)Nc2ccccc2Cl)cc1. The Morgan fingerprint density at radius 2 is 1.96 bits per heavy atom. The fourth-order valence-electron chi connectivity index (χ4n) is 2.49. The van der Waals surface area contributed by atoms with Crippen molar-refractivity contribution >= 4 is 35.0 Å². The van der Waals surface area contributed by atoms with E-state index in [9.17, 15) is 4.79 Å². The zero-order valence-electron chi connectivity index (χ0n) is 14.9.